The van der Waals surface area contributed by atoms with Crippen molar-refractivity contribution in [2.24, 2.45) is 4.99 Å². The van der Waals surface area contributed by atoms with Gasteiger partial charge in [0.25, 0.3) is 5.56 Å². The minimum absolute atomic E-state index is 0.198. The molecule has 0 radical (unpaired) electrons. The van der Waals surface area contributed by atoms with Crippen LogP contribution in [-0.4, -0.2) is 24.3 Å². The van der Waals surface area contributed by atoms with Crippen molar-refractivity contribution in [2.75, 3.05) is 13.7 Å². The van der Waals surface area contributed by atoms with Crippen LogP contribution in [0.1, 0.15) is 44.1 Å². The molecule has 0 spiro atoms. The second kappa shape index (κ2) is 12.6. The van der Waals surface area contributed by atoms with Crippen molar-refractivity contribution in [3.8, 4) is 17.1 Å². The summed E-state index contributed by atoms with van der Waals surface area (Å²) in [4.78, 5) is 32.8. The van der Waals surface area contributed by atoms with Gasteiger partial charge in [0.1, 0.15) is 23.3 Å². The van der Waals surface area contributed by atoms with Crippen LogP contribution >= 0.6 is 59.1 Å². The minimum Gasteiger partial charge on any atom is -0.496 e. The van der Waals surface area contributed by atoms with E-state index in [0.717, 1.165) is 25.4 Å². The molecule has 0 fully saturated rings. The van der Waals surface area contributed by atoms with Crippen LogP contribution in [0.2, 0.25) is 0 Å². The van der Waals surface area contributed by atoms with Crippen LogP contribution in [0, 0.1) is 0 Å². The van der Waals surface area contributed by atoms with Crippen molar-refractivity contribution in [2.45, 2.75) is 32.7 Å². The Kier molecular flexibility index (Phi) is 9.18. The Bertz CT molecular complexity index is 1850. The second-order valence-corrected chi connectivity index (χ2v) is 12.8. The SMILES string of the molecule is CCCC1=C(C(=O)OCC)[C@H](c2cc(Br)ccc2OC)n2c(s/c(=C\c3ccc(-c4cc(Br)ccc4Br)o3)c2=O)=N1. The van der Waals surface area contributed by atoms with E-state index in [0.29, 0.717) is 49.9 Å². The quantitative estimate of drug-likeness (QED) is 0.178. The van der Waals surface area contributed by atoms with Crippen molar-refractivity contribution in [3.63, 3.8) is 0 Å². The molecule has 3 heterocycles. The number of ether oxygens (including phenoxy) is 2. The average molecular weight is 765 g/mol. The highest BCUT2D eigenvalue weighted by Gasteiger charge is 2.36. The summed E-state index contributed by atoms with van der Waals surface area (Å²) in [5, 5.41) is 0. The molecule has 0 aliphatic carbocycles. The van der Waals surface area contributed by atoms with Gasteiger partial charge in [-0.05, 0) is 61.9 Å². The molecular formula is C30H25Br3N2O5S. The monoisotopic (exact) mass is 762 g/mol. The van der Waals surface area contributed by atoms with E-state index in [1.54, 1.807) is 24.7 Å². The van der Waals surface area contributed by atoms with Gasteiger partial charge in [-0.15, -0.1) is 0 Å². The van der Waals surface area contributed by atoms with E-state index in [4.69, 9.17) is 18.9 Å². The maximum atomic E-state index is 14.1. The summed E-state index contributed by atoms with van der Waals surface area (Å²) in [6, 6.07) is 14.3. The van der Waals surface area contributed by atoms with Crippen LogP contribution in [0.3, 0.4) is 0 Å². The molecule has 2 aromatic heterocycles. The van der Waals surface area contributed by atoms with Crippen LogP contribution in [0.5, 0.6) is 5.75 Å². The summed E-state index contributed by atoms with van der Waals surface area (Å²) in [7, 11) is 1.56. The van der Waals surface area contributed by atoms with Crippen LogP contribution < -0.4 is 19.6 Å². The number of allylic oxidation sites excluding steroid dienone is 1. The number of aromatic nitrogens is 1. The molecular weight excluding hydrogens is 740 g/mol. The molecule has 0 saturated heterocycles. The number of benzene rings is 2. The summed E-state index contributed by atoms with van der Waals surface area (Å²) in [5.41, 5.74) is 2.18. The first-order valence-electron chi connectivity index (χ1n) is 12.9. The molecule has 0 bridgehead atoms. The normalized spacial score (nSPS) is 15.1. The van der Waals surface area contributed by atoms with Gasteiger partial charge >= 0.3 is 5.97 Å². The molecule has 41 heavy (non-hydrogen) atoms. The third-order valence-electron chi connectivity index (χ3n) is 6.47. The van der Waals surface area contributed by atoms with Crippen LogP contribution in [0.25, 0.3) is 17.4 Å². The van der Waals surface area contributed by atoms with Crippen molar-refractivity contribution in [1.29, 1.82) is 0 Å². The van der Waals surface area contributed by atoms with E-state index in [9.17, 15) is 9.59 Å². The van der Waals surface area contributed by atoms with Crippen molar-refractivity contribution < 1.29 is 18.7 Å². The van der Waals surface area contributed by atoms with Crippen molar-refractivity contribution >= 4 is 71.2 Å². The van der Waals surface area contributed by atoms with Gasteiger partial charge in [-0.25, -0.2) is 9.79 Å². The molecule has 212 valence electrons. The Balaban J connectivity index is 1.72. The van der Waals surface area contributed by atoms with Crippen LogP contribution in [-0.2, 0) is 9.53 Å². The topological polar surface area (TPSA) is 83.0 Å². The summed E-state index contributed by atoms with van der Waals surface area (Å²) in [6.07, 6.45) is 3.02. The zero-order chi connectivity index (χ0) is 29.3. The number of hydrogen-bond acceptors (Lipinski definition) is 7. The highest BCUT2D eigenvalue weighted by molar-refractivity contribution is 9.11. The number of hydrogen-bond donors (Lipinski definition) is 0. The van der Waals surface area contributed by atoms with Crippen molar-refractivity contribution in [1.82, 2.24) is 4.57 Å². The molecule has 11 heteroatoms. The Morgan fingerprint density at radius 2 is 1.85 bits per heavy atom. The Hall–Kier alpha value is -2.73. The number of nitrogens with zero attached hydrogens (tertiary/aromatic N) is 2. The molecule has 0 amide bonds. The maximum Gasteiger partial charge on any atom is 0.338 e. The number of fused-ring (bicyclic) bond motifs is 1. The first kappa shape index (κ1) is 29.8. The van der Waals surface area contributed by atoms with E-state index in [2.05, 4.69) is 47.8 Å². The number of thiazole rings is 1. The lowest BCUT2D eigenvalue weighted by molar-refractivity contribution is -0.139. The standard InChI is InChI=1S/C30H25Br3N2O5S/c1-4-6-22-26(29(37)39-5-2)27(20-14-17(32)8-11-23(20)38-3)35-28(36)25(41-30(35)34-22)15-18-9-12-24(40-18)19-13-16(31)7-10-21(19)33/h7-15,27H,4-6H2,1-3H3/b25-15-/t27-/m0/s1. The first-order valence-corrected chi connectivity index (χ1v) is 16.1. The molecule has 5 rings (SSSR count). The van der Waals surface area contributed by atoms with Crippen LogP contribution in [0.4, 0.5) is 0 Å². The summed E-state index contributed by atoms with van der Waals surface area (Å²) in [5.74, 6) is 1.22. The number of methoxy groups -OCH3 is 1. The van der Waals surface area contributed by atoms with E-state index in [1.807, 2.05) is 55.5 Å². The Morgan fingerprint density at radius 1 is 1.10 bits per heavy atom. The molecule has 1 aliphatic heterocycles. The van der Waals surface area contributed by atoms with E-state index >= 15 is 0 Å². The van der Waals surface area contributed by atoms with E-state index in [1.165, 1.54) is 11.3 Å². The fourth-order valence-corrected chi connectivity index (χ4v) is 6.91. The summed E-state index contributed by atoms with van der Waals surface area (Å²) in [6.45, 7) is 3.98. The predicted molar refractivity (Wildman–Crippen MR) is 170 cm³/mol. The van der Waals surface area contributed by atoms with Crippen LogP contribution in [0.15, 0.2) is 87.4 Å². The molecule has 0 N–H and O–H groups in total. The molecule has 0 unspecified atom stereocenters. The fourth-order valence-electron chi connectivity index (χ4n) is 4.72. The molecule has 1 aliphatic rings. The highest BCUT2D eigenvalue weighted by Crippen LogP contribution is 2.38. The fraction of sp³-hybridized carbons (Fsp3) is 0.233. The maximum absolute atomic E-state index is 14.1. The lowest BCUT2D eigenvalue weighted by atomic mass is 9.93. The third kappa shape index (κ3) is 5.95. The zero-order valence-electron chi connectivity index (χ0n) is 22.4. The highest BCUT2D eigenvalue weighted by atomic mass is 79.9. The largest absolute Gasteiger partial charge is 0.496 e. The Morgan fingerprint density at radius 3 is 2.59 bits per heavy atom. The zero-order valence-corrected chi connectivity index (χ0v) is 27.9. The number of furan rings is 1. The second-order valence-electron chi connectivity index (χ2n) is 9.13. The smallest absolute Gasteiger partial charge is 0.338 e. The number of halogens is 3. The molecule has 7 nitrogen and oxygen atoms in total. The van der Waals surface area contributed by atoms with Gasteiger partial charge in [0, 0.05) is 30.6 Å². The predicted octanol–water partition coefficient (Wildman–Crippen LogP) is 7.13. The number of rotatable bonds is 8. The number of carbonyl (C=O) groups is 1. The Labute approximate surface area is 265 Å². The van der Waals surface area contributed by atoms with Gasteiger partial charge in [0.2, 0.25) is 0 Å². The minimum atomic E-state index is -0.786. The molecule has 2 aromatic carbocycles. The van der Waals surface area contributed by atoms with E-state index < -0.39 is 12.0 Å². The first-order chi connectivity index (χ1) is 19.7. The van der Waals surface area contributed by atoms with Gasteiger partial charge in [-0.2, -0.15) is 0 Å². The van der Waals surface area contributed by atoms with E-state index in [-0.39, 0.29) is 12.2 Å². The lowest BCUT2D eigenvalue weighted by Crippen LogP contribution is -2.40. The van der Waals surface area contributed by atoms with Gasteiger partial charge in [-0.3, -0.25) is 9.36 Å². The molecule has 1 atom stereocenters. The van der Waals surface area contributed by atoms with Gasteiger partial charge in [0.05, 0.1) is 29.5 Å². The summed E-state index contributed by atoms with van der Waals surface area (Å²) >= 11 is 11.9. The van der Waals surface area contributed by atoms with Gasteiger partial charge < -0.3 is 13.9 Å². The third-order valence-corrected chi connectivity index (χ3v) is 9.13. The average Bonchev–Trinajstić information content (AvgIpc) is 3.53. The number of carbonyl (C=O) groups excluding carboxylic acids is 1. The molecule has 0 saturated carbocycles. The molecule has 4 aromatic rings. The van der Waals surface area contributed by atoms with Gasteiger partial charge in [-0.1, -0.05) is 72.5 Å². The van der Waals surface area contributed by atoms with Crippen molar-refractivity contribution in [3.05, 3.63) is 104 Å². The number of esters is 1. The lowest BCUT2D eigenvalue weighted by Gasteiger charge is -2.27. The summed E-state index contributed by atoms with van der Waals surface area (Å²) < 4.78 is 21.9. The van der Waals surface area contributed by atoms with Gasteiger partial charge in [0.15, 0.2) is 4.80 Å².